The van der Waals surface area contributed by atoms with Gasteiger partial charge >= 0.3 is 0 Å². The summed E-state index contributed by atoms with van der Waals surface area (Å²) in [6.07, 6.45) is 1.27. The Morgan fingerprint density at radius 2 is 1.86 bits per heavy atom. The Morgan fingerprint density at radius 3 is 2.36 bits per heavy atom. The Kier molecular flexibility index (Phi) is 2.66. The summed E-state index contributed by atoms with van der Waals surface area (Å²) in [5, 5.41) is 0. The molecule has 0 aliphatic rings. The zero-order valence-corrected chi connectivity index (χ0v) is 7.65. The summed E-state index contributed by atoms with van der Waals surface area (Å²) in [6, 6.07) is 1.94. The normalized spacial score (nSPS) is 14.9. The minimum absolute atomic E-state index is 0.119. The van der Waals surface area contributed by atoms with E-state index in [1.54, 1.807) is 0 Å². The molecule has 0 saturated heterocycles. The highest BCUT2D eigenvalue weighted by Crippen LogP contribution is 2.24. The van der Waals surface area contributed by atoms with Crippen molar-refractivity contribution < 1.29 is 13.2 Å². The van der Waals surface area contributed by atoms with Crippen LogP contribution < -0.4 is 5.73 Å². The van der Waals surface area contributed by atoms with Crippen LogP contribution in [0.2, 0.25) is 0 Å². The first kappa shape index (κ1) is 10.8. The molecule has 0 amide bonds. The van der Waals surface area contributed by atoms with Crippen LogP contribution in [-0.4, -0.2) is 0 Å². The summed E-state index contributed by atoms with van der Waals surface area (Å²) < 4.78 is 38.6. The number of benzene rings is 1. The molecule has 2 N–H and O–H groups in total. The second-order valence-electron chi connectivity index (χ2n) is 3.21. The molecular weight excluding hydrogens is 191 g/mol. The molecule has 0 unspecified atom stereocenters. The van der Waals surface area contributed by atoms with E-state index in [1.807, 2.05) is 0 Å². The largest absolute Gasteiger partial charge is 0.318 e. The van der Waals surface area contributed by atoms with Crippen molar-refractivity contribution in [3.63, 3.8) is 0 Å². The van der Waals surface area contributed by atoms with Crippen molar-refractivity contribution in [2.24, 2.45) is 5.73 Å². The van der Waals surface area contributed by atoms with E-state index in [0.717, 1.165) is 12.1 Å². The Labute approximate surface area is 80.0 Å². The minimum atomic E-state index is -1.51. The average molecular weight is 201 g/mol. The van der Waals surface area contributed by atoms with Gasteiger partial charge in [-0.15, -0.1) is 6.58 Å². The Balaban J connectivity index is 3.38. The van der Waals surface area contributed by atoms with E-state index in [1.165, 1.54) is 13.0 Å². The average Bonchev–Trinajstić information content (AvgIpc) is 2.14. The quantitative estimate of drug-likeness (QED) is 0.577. The van der Waals surface area contributed by atoms with Crippen LogP contribution >= 0.6 is 0 Å². The fourth-order valence-corrected chi connectivity index (χ4v) is 1.05. The van der Waals surface area contributed by atoms with E-state index in [-0.39, 0.29) is 5.56 Å². The maximum absolute atomic E-state index is 13.2. The van der Waals surface area contributed by atoms with Crippen molar-refractivity contribution in [2.45, 2.75) is 12.5 Å². The third kappa shape index (κ3) is 1.65. The van der Waals surface area contributed by atoms with Crippen molar-refractivity contribution in [3.8, 4) is 0 Å². The standard InChI is InChI=1S/C10H10F3N/c1-3-10(2,14)6-4-5-7(11)9(13)8(6)12/h3-5H,1,14H2,2H3/t10-/m0/s1. The van der Waals surface area contributed by atoms with Gasteiger partial charge in [-0.05, 0) is 13.0 Å². The molecule has 0 aromatic heterocycles. The molecule has 76 valence electrons. The summed E-state index contributed by atoms with van der Waals surface area (Å²) in [5.74, 6) is -4.01. The van der Waals surface area contributed by atoms with Gasteiger partial charge in [0.15, 0.2) is 17.5 Å². The summed E-state index contributed by atoms with van der Waals surface area (Å²) in [5.41, 5.74) is 4.28. The van der Waals surface area contributed by atoms with Crippen molar-refractivity contribution in [3.05, 3.63) is 47.8 Å². The van der Waals surface area contributed by atoms with Gasteiger partial charge in [-0.3, -0.25) is 0 Å². The number of nitrogens with two attached hydrogens (primary N) is 1. The highest BCUT2D eigenvalue weighted by Gasteiger charge is 2.24. The van der Waals surface area contributed by atoms with Crippen LogP contribution in [0.25, 0.3) is 0 Å². The zero-order chi connectivity index (χ0) is 10.9. The molecule has 4 heteroatoms. The molecule has 0 aliphatic carbocycles. The molecule has 1 aromatic carbocycles. The summed E-state index contributed by atoms with van der Waals surface area (Å²) in [4.78, 5) is 0. The summed E-state index contributed by atoms with van der Waals surface area (Å²) >= 11 is 0. The predicted octanol–water partition coefficient (Wildman–Crippen LogP) is 2.46. The number of halogens is 3. The van der Waals surface area contributed by atoms with E-state index >= 15 is 0 Å². The molecule has 0 saturated carbocycles. The maximum Gasteiger partial charge on any atom is 0.194 e. The van der Waals surface area contributed by atoms with Crippen LogP contribution in [-0.2, 0) is 5.54 Å². The monoisotopic (exact) mass is 201 g/mol. The van der Waals surface area contributed by atoms with Gasteiger partial charge in [-0.25, -0.2) is 13.2 Å². The van der Waals surface area contributed by atoms with Crippen LogP contribution in [0.4, 0.5) is 13.2 Å². The van der Waals surface area contributed by atoms with Crippen LogP contribution in [0.3, 0.4) is 0 Å². The zero-order valence-electron chi connectivity index (χ0n) is 7.65. The molecule has 0 fully saturated rings. The number of hydrogen-bond acceptors (Lipinski definition) is 1. The second-order valence-corrected chi connectivity index (χ2v) is 3.21. The highest BCUT2D eigenvalue weighted by atomic mass is 19.2. The third-order valence-electron chi connectivity index (χ3n) is 2.04. The van der Waals surface area contributed by atoms with E-state index in [9.17, 15) is 13.2 Å². The first-order chi connectivity index (χ1) is 6.40. The lowest BCUT2D eigenvalue weighted by Gasteiger charge is -2.21. The lowest BCUT2D eigenvalue weighted by Crippen LogP contribution is -2.31. The Hall–Kier alpha value is -1.29. The smallest absolute Gasteiger partial charge is 0.194 e. The van der Waals surface area contributed by atoms with Gasteiger partial charge in [0.2, 0.25) is 0 Å². The molecule has 0 aliphatic heterocycles. The molecule has 0 radical (unpaired) electrons. The van der Waals surface area contributed by atoms with Gasteiger partial charge in [-0.1, -0.05) is 12.1 Å². The molecular formula is C10H10F3N. The van der Waals surface area contributed by atoms with E-state index in [2.05, 4.69) is 6.58 Å². The van der Waals surface area contributed by atoms with Crippen LogP contribution in [0, 0.1) is 17.5 Å². The molecule has 14 heavy (non-hydrogen) atoms. The highest BCUT2D eigenvalue weighted by molar-refractivity contribution is 5.30. The topological polar surface area (TPSA) is 26.0 Å². The first-order valence-corrected chi connectivity index (χ1v) is 3.96. The van der Waals surface area contributed by atoms with E-state index < -0.39 is 23.0 Å². The van der Waals surface area contributed by atoms with Crippen molar-refractivity contribution >= 4 is 0 Å². The molecule has 0 bridgehead atoms. The van der Waals surface area contributed by atoms with Gasteiger partial charge in [0.1, 0.15) is 0 Å². The lowest BCUT2D eigenvalue weighted by molar-refractivity contribution is 0.428. The number of rotatable bonds is 2. The summed E-state index contributed by atoms with van der Waals surface area (Å²) in [7, 11) is 0. The van der Waals surface area contributed by atoms with Crippen molar-refractivity contribution in [1.29, 1.82) is 0 Å². The van der Waals surface area contributed by atoms with Crippen molar-refractivity contribution in [2.75, 3.05) is 0 Å². The van der Waals surface area contributed by atoms with Gasteiger partial charge < -0.3 is 5.73 Å². The van der Waals surface area contributed by atoms with Crippen LogP contribution in [0.1, 0.15) is 12.5 Å². The second kappa shape index (κ2) is 3.46. The van der Waals surface area contributed by atoms with Crippen LogP contribution in [0.15, 0.2) is 24.8 Å². The van der Waals surface area contributed by atoms with E-state index in [4.69, 9.17) is 5.73 Å². The van der Waals surface area contributed by atoms with Gasteiger partial charge in [-0.2, -0.15) is 0 Å². The Bertz CT molecular complexity index is 372. The van der Waals surface area contributed by atoms with Gasteiger partial charge in [0.25, 0.3) is 0 Å². The third-order valence-corrected chi connectivity index (χ3v) is 2.04. The fourth-order valence-electron chi connectivity index (χ4n) is 1.05. The minimum Gasteiger partial charge on any atom is -0.318 e. The molecule has 1 atom stereocenters. The first-order valence-electron chi connectivity index (χ1n) is 3.96. The lowest BCUT2D eigenvalue weighted by atomic mass is 9.93. The fraction of sp³-hybridized carbons (Fsp3) is 0.200. The predicted molar refractivity (Wildman–Crippen MR) is 48.1 cm³/mol. The molecule has 0 spiro atoms. The van der Waals surface area contributed by atoms with Gasteiger partial charge in [0.05, 0.1) is 5.54 Å². The number of hydrogen-bond donors (Lipinski definition) is 1. The van der Waals surface area contributed by atoms with Crippen LogP contribution in [0.5, 0.6) is 0 Å². The van der Waals surface area contributed by atoms with Gasteiger partial charge in [0, 0.05) is 5.56 Å². The SMILES string of the molecule is C=C[C@](C)(N)c1ccc(F)c(F)c1F. The maximum atomic E-state index is 13.2. The Morgan fingerprint density at radius 1 is 1.29 bits per heavy atom. The summed E-state index contributed by atoms with van der Waals surface area (Å²) in [6.45, 7) is 4.85. The molecule has 1 aromatic rings. The van der Waals surface area contributed by atoms with Crippen molar-refractivity contribution in [1.82, 2.24) is 0 Å². The molecule has 1 nitrogen and oxygen atoms in total. The molecule has 1 rings (SSSR count). The molecule has 0 heterocycles. The van der Waals surface area contributed by atoms with E-state index in [0.29, 0.717) is 0 Å².